The predicted molar refractivity (Wildman–Crippen MR) is 87.6 cm³/mol. The van der Waals surface area contributed by atoms with Gasteiger partial charge in [-0.1, -0.05) is 0 Å². The largest absolute Gasteiger partial charge is 0.489 e. The molecule has 0 radical (unpaired) electrons. The molecule has 110 valence electrons. The van der Waals surface area contributed by atoms with Gasteiger partial charge in [-0.25, -0.2) is 9.97 Å². The molecule has 1 aromatic heterocycles. The fourth-order valence-corrected chi connectivity index (χ4v) is 2.80. The zero-order valence-corrected chi connectivity index (χ0v) is 14.5. The summed E-state index contributed by atoms with van der Waals surface area (Å²) >= 11 is 6.88. The molecule has 0 spiro atoms. The molecule has 0 fully saturated rings. The summed E-state index contributed by atoms with van der Waals surface area (Å²) in [6, 6.07) is 3.79. The van der Waals surface area contributed by atoms with E-state index in [2.05, 4.69) is 41.8 Å². The maximum atomic E-state index is 5.89. The van der Waals surface area contributed by atoms with Crippen molar-refractivity contribution in [2.45, 2.75) is 13.3 Å². The maximum Gasteiger partial charge on any atom is 0.175 e. The van der Waals surface area contributed by atoms with Crippen molar-refractivity contribution in [3.05, 3.63) is 26.8 Å². The second-order valence-corrected chi connectivity index (χ2v) is 6.31. The van der Waals surface area contributed by atoms with Gasteiger partial charge in [0, 0.05) is 12.0 Å². The Morgan fingerprint density at radius 2 is 1.90 bits per heavy atom. The highest BCUT2D eigenvalue weighted by molar-refractivity contribution is 9.11. The molecule has 7 heteroatoms. The van der Waals surface area contributed by atoms with Crippen LogP contribution in [0.4, 0.5) is 5.82 Å². The molecule has 0 bridgehead atoms. The average Bonchev–Trinajstić information content (AvgIpc) is 2.69. The third-order valence-electron chi connectivity index (χ3n) is 3.10. The van der Waals surface area contributed by atoms with Crippen LogP contribution < -0.4 is 15.2 Å². The first kappa shape index (κ1) is 14.6. The van der Waals surface area contributed by atoms with Crippen LogP contribution in [0.5, 0.6) is 11.5 Å². The van der Waals surface area contributed by atoms with Crippen LogP contribution in [-0.4, -0.2) is 23.2 Å². The third kappa shape index (κ3) is 2.85. The third-order valence-corrected chi connectivity index (χ3v) is 4.67. The number of rotatable bonds is 1. The summed E-state index contributed by atoms with van der Waals surface area (Å²) in [5, 5.41) is 0. The van der Waals surface area contributed by atoms with Crippen LogP contribution in [0.15, 0.2) is 21.1 Å². The van der Waals surface area contributed by atoms with Crippen molar-refractivity contribution in [3.63, 3.8) is 0 Å². The van der Waals surface area contributed by atoms with Crippen molar-refractivity contribution < 1.29 is 9.47 Å². The number of hydrogen-bond acceptors (Lipinski definition) is 5. The van der Waals surface area contributed by atoms with Gasteiger partial charge in [0.25, 0.3) is 0 Å². The van der Waals surface area contributed by atoms with Gasteiger partial charge < -0.3 is 15.2 Å². The normalized spacial score (nSPS) is 13.9. The fourth-order valence-electron chi connectivity index (χ4n) is 2.07. The first-order valence-electron chi connectivity index (χ1n) is 6.45. The monoisotopic (exact) mass is 413 g/mol. The topological polar surface area (TPSA) is 70.3 Å². The second-order valence-electron chi connectivity index (χ2n) is 4.67. The number of anilines is 1. The van der Waals surface area contributed by atoms with E-state index < -0.39 is 0 Å². The number of halogens is 2. The lowest BCUT2D eigenvalue weighted by molar-refractivity contribution is 0.296. The van der Waals surface area contributed by atoms with E-state index >= 15 is 0 Å². The summed E-state index contributed by atoms with van der Waals surface area (Å²) in [5.74, 6) is 2.39. The Bertz CT molecular complexity index is 684. The molecule has 21 heavy (non-hydrogen) atoms. The highest BCUT2D eigenvalue weighted by atomic mass is 79.9. The number of hydrogen-bond donors (Lipinski definition) is 1. The molecule has 1 aliphatic heterocycles. The zero-order valence-electron chi connectivity index (χ0n) is 11.3. The van der Waals surface area contributed by atoms with Crippen LogP contribution in [0.3, 0.4) is 0 Å². The Balaban J connectivity index is 2.11. The molecule has 2 N–H and O–H groups in total. The zero-order chi connectivity index (χ0) is 15.0. The number of nitrogens with two attached hydrogens (primary N) is 1. The standard InChI is InChI=1S/C14H13Br2N3O2/c1-7-11(16)13(17)19-14(18-7)8-5-9(15)12-10(6-8)20-3-2-4-21-12/h5-6H,2-4H2,1H3,(H2,17,18,19). The van der Waals surface area contributed by atoms with Gasteiger partial charge in [-0.2, -0.15) is 0 Å². The lowest BCUT2D eigenvalue weighted by atomic mass is 10.2. The van der Waals surface area contributed by atoms with Crippen LogP contribution in [0, 0.1) is 6.92 Å². The van der Waals surface area contributed by atoms with E-state index in [0.29, 0.717) is 30.6 Å². The minimum Gasteiger partial charge on any atom is -0.489 e. The number of aryl methyl sites for hydroxylation is 1. The minimum atomic E-state index is 0.417. The lowest BCUT2D eigenvalue weighted by Gasteiger charge is -2.12. The summed E-state index contributed by atoms with van der Waals surface area (Å²) in [5.41, 5.74) is 7.51. The molecule has 2 heterocycles. The van der Waals surface area contributed by atoms with E-state index in [1.165, 1.54) is 0 Å². The summed E-state index contributed by atoms with van der Waals surface area (Å²) in [6.45, 7) is 3.15. The van der Waals surface area contributed by atoms with Crippen molar-refractivity contribution in [3.8, 4) is 22.9 Å². The Morgan fingerprint density at radius 1 is 1.14 bits per heavy atom. The number of benzene rings is 1. The summed E-state index contributed by atoms with van der Waals surface area (Å²) < 4.78 is 13.0. The number of ether oxygens (including phenoxy) is 2. The van der Waals surface area contributed by atoms with Crippen LogP contribution in [0.1, 0.15) is 12.1 Å². The Kier molecular flexibility index (Phi) is 4.03. The van der Waals surface area contributed by atoms with E-state index in [9.17, 15) is 0 Å². The van der Waals surface area contributed by atoms with E-state index in [-0.39, 0.29) is 0 Å². The molecular formula is C14H13Br2N3O2. The Labute approximate surface area is 139 Å². The first-order chi connectivity index (χ1) is 10.1. The Hall–Kier alpha value is -1.34. The molecule has 0 amide bonds. The molecule has 0 saturated carbocycles. The van der Waals surface area contributed by atoms with E-state index in [1.807, 2.05) is 19.1 Å². The molecule has 3 rings (SSSR count). The van der Waals surface area contributed by atoms with Gasteiger partial charge in [0.1, 0.15) is 5.82 Å². The van der Waals surface area contributed by atoms with Crippen molar-refractivity contribution in [1.29, 1.82) is 0 Å². The second kappa shape index (κ2) is 5.81. The maximum absolute atomic E-state index is 5.89. The number of fused-ring (bicyclic) bond motifs is 1. The fraction of sp³-hybridized carbons (Fsp3) is 0.286. The van der Waals surface area contributed by atoms with Gasteiger partial charge in [0.15, 0.2) is 17.3 Å². The van der Waals surface area contributed by atoms with Gasteiger partial charge in [-0.3, -0.25) is 0 Å². The highest BCUT2D eigenvalue weighted by Crippen LogP contribution is 2.40. The quantitative estimate of drug-likeness (QED) is 0.769. The van der Waals surface area contributed by atoms with Gasteiger partial charge in [-0.05, 0) is 50.9 Å². The molecule has 2 aromatic rings. The molecule has 1 aromatic carbocycles. The van der Waals surface area contributed by atoms with Crippen molar-refractivity contribution >= 4 is 37.7 Å². The number of nitrogen functional groups attached to an aromatic ring is 1. The van der Waals surface area contributed by atoms with Gasteiger partial charge in [0.2, 0.25) is 0 Å². The molecule has 0 saturated heterocycles. The van der Waals surface area contributed by atoms with Crippen LogP contribution in [-0.2, 0) is 0 Å². The van der Waals surface area contributed by atoms with Crippen LogP contribution in [0.25, 0.3) is 11.4 Å². The van der Waals surface area contributed by atoms with E-state index in [1.54, 1.807) is 0 Å². The van der Waals surface area contributed by atoms with Crippen LogP contribution >= 0.6 is 31.9 Å². The van der Waals surface area contributed by atoms with Crippen LogP contribution in [0.2, 0.25) is 0 Å². The summed E-state index contributed by atoms with van der Waals surface area (Å²) in [7, 11) is 0. The molecule has 0 aliphatic carbocycles. The molecule has 1 aliphatic rings. The molecular weight excluding hydrogens is 402 g/mol. The van der Waals surface area contributed by atoms with Crippen molar-refractivity contribution in [2.24, 2.45) is 0 Å². The minimum absolute atomic E-state index is 0.417. The molecule has 0 unspecified atom stereocenters. The van der Waals surface area contributed by atoms with Gasteiger partial charge >= 0.3 is 0 Å². The summed E-state index contributed by atoms with van der Waals surface area (Å²) in [4.78, 5) is 8.78. The number of nitrogens with zero attached hydrogens (tertiary/aromatic N) is 2. The lowest BCUT2D eigenvalue weighted by Crippen LogP contribution is -2.01. The SMILES string of the molecule is Cc1nc(-c2cc(Br)c3c(c2)OCCCO3)nc(N)c1Br. The van der Waals surface area contributed by atoms with Gasteiger partial charge in [-0.15, -0.1) is 0 Å². The number of aromatic nitrogens is 2. The average molecular weight is 415 g/mol. The van der Waals surface area contributed by atoms with Crippen molar-refractivity contribution in [1.82, 2.24) is 9.97 Å². The first-order valence-corrected chi connectivity index (χ1v) is 8.04. The smallest absolute Gasteiger partial charge is 0.175 e. The van der Waals surface area contributed by atoms with E-state index in [4.69, 9.17) is 15.2 Å². The van der Waals surface area contributed by atoms with Crippen molar-refractivity contribution in [2.75, 3.05) is 18.9 Å². The molecule has 5 nitrogen and oxygen atoms in total. The Morgan fingerprint density at radius 3 is 2.67 bits per heavy atom. The predicted octanol–water partition coefficient (Wildman–Crippen LogP) is 3.72. The molecule has 0 atom stereocenters. The highest BCUT2D eigenvalue weighted by Gasteiger charge is 2.18. The van der Waals surface area contributed by atoms with Gasteiger partial charge in [0.05, 0.1) is 27.9 Å². The van der Waals surface area contributed by atoms with E-state index in [0.717, 1.165) is 32.4 Å². The summed E-state index contributed by atoms with van der Waals surface area (Å²) in [6.07, 6.45) is 0.858.